The Morgan fingerprint density at radius 2 is 2.00 bits per heavy atom. The lowest BCUT2D eigenvalue weighted by Crippen LogP contribution is -2.44. The van der Waals surface area contributed by atoms with Gasteiger partial charge in [-0.05, 0) is 25.2 Å². The largest absolute Gasteiger partial charge is 0.338 e. The third kappa shape index (κ3) is 4.10. The minimum absolute atomic E-state index is 0.137. The standard InChI is InChI=1S/C12H24N2O/c1-3-5-8-13-12(15)14-9-6-11(4-2)7-10-14/h11H,3-10H2,1-2H3,(H,13,15). The molecule has 1 N–H and O–H groups in total. The molecule has 0 aromatic rings. The summed E-state index contributed by atoms with van der Waals surface area (Å²) in [5.74, 6) is 0.838. The molecule has 3 nitrogen and oxygen atoms in total. The second-order valence-corrected chi connectivity index (χ2v) is 4.42. The van der Waals surface area contributed by atoms with Gasteiger partial charge in [0.05, 0.1) is 0 Å². The van der Waals surface area contributed by atoms with Crippen LogP contribution in [0.3, 0.4) is 0 Å². The van der Waals surface area contributed by atoms with E-state index in [2.05, 4.69) is 19.2 Å². The van der Waals surface area contributed by atoms with Crippen LogP contribution < -0.4 is 5.32 Å². The van der Waals surface area contributed by atoms with Crippen molar-refractivity contribution >= 4 is 6.03 Å². The molecule has 0 radical (unpaired) electrons. The Kier molecular flexibility index (Phi) is 5.51. The quantitative estimate of drug-likeness (QED) is 0.714. The van der Waals surface area contributed by atoms with Gasteiger partial charge in [0.25, 0.3) is 0 Å². The van der Waals surface area contributed by atoms with E-state index < -0.39 is 0 Å². The molecule has 0 spiro atoms. The molecule has 1 aliphatic heterocycles. The molecule has 1 aliphatic rings. The molecule has 1 heterocycles. The predicted molar refractivity (Wildman–Crippen MR) is 62.9 cm³/mol. The number of urea groups is 1. The van der Waals surface area contributed by atoms with Crippen LogP contribution >= 0.6 is 0 Å². The summed E-state index contributed by atoms with van der Waals surface area (Å²) in [4.78, 5) is 13.6. The van der Waals surface area contributed by atoms with E-state index in [1.165, 1.54) is 19.3 Å². The monoisotopic (exact) mass is 212 g/mol. The van der Waals surface area contributed by atoms with Crippen molar-refractivity contribution in [3.05, 3.63) is 0 Å². The van der Waals surface area contributed by atoms with E-state index in [-0.39, 0.29) is 6.03 Å². The van der Waals surface area contributed by atoms with Gasteiger partial charge in [-0.1, -0.05) is 26.7 Å². The molecule has 0 aromatic heterocycles. The maximum Gasteiger partial charge on any atom is 0.317 e. The Morgan fingerprint density at radius 1 is 1.33 bits per heavy atom. The van der Waals surface area contributed by atoms with Crippen LogP contribution in [0.25, 0.3) is 0 Å². The highest BCUT2D eigenvalue weighted by atomic mass is 16.2. The number of carbonyl (C=O) groups excluding carboxylic acids is 1. The van der Waals surface area contributed by atoms with Crippen LogP contribution in [0.15, 0.2) is 0 Å². The highest BCUT2D eigenvalue weighted by Gasteiger charge is 2.20. The van der Waals surface area contributed by atoms with Gasteiger partial charge in [0, 0.05) is 19.6 Å². The summed E-state index contributed by atoms with van der Waals surface area (Å²) >= 11 is 0. The van der Waals surface area contributed by atoms with E-state index in [1.54, 1.807) is 0 Å². The number of nitrogens with zero attached hydrogens (tertiary/aromatic N) is 1. The van der Waals surface area contributed by atoms with Crippen LogP contribution in [-0.2, 0) is 0 Å². The first-order chi connectivity index (χ1) is 7.27. The van der Waals surface area contributed by atoms with Gasteiger partial charge in [-0.2, -0.15) is 0 Å². The fourth-order valence-corrected chi connectivity index (χ4v) is 2.03. The minimum atomic E-state index is 0.137. The van der Waals surface area contributed by atoms with Crippen molar-refractivity contribution in [2.45, 2.75) is 46.0 Å². The molecule has 0 unspecified atom stereocenters. The summed E-state index contributed by atoms with van der Waals surface area (Å²) in [6.07, 6.45) is 5.83. The first-order valence-corrected chi connectivity index (χ1v) is 6.30. The molecule has 0 aliphatic carbocycles. The zero-order valence-electron chi connectivity index (χ0n) is 10.1. The van der Waals surface area contributed by atoms with Crippen LogP contribution in [-0.4, -0.2) is 30.6 Å². The number of likely N-dealkylation sites (tertiary alicyclic amines) is 1. The van der Waals surface area contributed by atoms with Gasteiger partial charge >= 0.3 is 6.03 Å². The zero-order chi connectivity index (χ0) is 11.1. The van der Waals surface area contributed by atoms with Gasteiger partial charge in [-0.25, -0.2) is 4.79 Å². The maximum atomic E-state index is 11.7. The number of nitrogens with one attached hydrogen (secondary N) is 1. The summed E-state index contributed by atoms with van der Waals surface area (Å²) in [5.41, 5.74) is 0. The smallest absolute Gasteiger partial charge is 0.317 e. The molecule has 3 heteroatoms. The number of amides is 2. The zero-order valence-corrected chi connectivity index (χ0v) is 10.1. The van der Waals surface area contributed by atoms with Crippen LogP contribution in [0.4, 0.5) is 4.79 Å². The van der Waals surface area contributed by atoms with Gasteiger partial charge < -0.3 is 10.2 Å². The van der Waals surface area contributed by atoms with Crippen molar-refractivity contribution in [2.75, 3.05) is 19.6 Å². The van der Waals surface area contributed by atoms with Gasteiger partial charge in [-0.15, -0.1) is 0 Å². The second-order valence-electron chi connectivity index (χ2n) is 4.42. The fourth-order valence-electron chi connectivity index (χ4n) is 2.03. The molecule has 0 aromatic carbocycles. The van der Waals surface area contributed by atoms with Crippen molar-refractivity contribution in [1.82, 2.24) is 10.2 Å². The lowest BCUT2D eigenvalue weighted by molar-refractivity contribution is 0.169. The molecule has 88 valence electrons. The number of hydrogen-bond donors (Lipinski definition) is 1. The average molecular weight is 212 g/mol. The topological polar surface area (TPSA) is 32.3 Å². The van der Waals surface area contributed by atoms with Crippen molar-refractivity contribution in [3.63, 3.8) is 0 Å². The lowest BCUT2D eigenvalue weighted by Gasteiger charge is -2.31. The van der Waals surface area contributed by atoms with Crippen molar-refractivity contribution in [1.29, 1.82) is 0 Å². The third-order valence-corrected chi connectivity index (χ3v) is 3.29. The minimum Gasteiger partial charge on any atom is -0.338 e. The van der Waals surface area contributed by atoms with Crippen LogP contribution in [0, 0.1) is 5.92 Å². The number of piperidine rings is 1. The Hall–Kier alpha value is -0.730. The number of carbonyl (C=O) groups is 1. The number of rotatable bonds is 4. The molecule has 0 bridgehead atoms. The Balaban J connectivity index is 2.18. The van der Waals surface area contributed by atoms with Crippen LogP contribution in [0.5, 0.6) is 0 Å². The highest BCUT2D eigenvalue weighted by Crippen LogP contribution is 2.19. The maximum absolute atomic E-state index is 11.7. The van der Waals surface area contributed by atoms with Gasteiger partial charge in [-0.3, -0.25) is 0 Å². The van der Waals surface area contributed by atoms with E-state index in [9.17, 15) is 4.79 Å². The Morgan fingerprint density at radius 3 is 2.53 bits per heavy atom. The van der Waals surface area contributed by atoms with E-state index in [4.69, 9.17) is 0 Å². The molecule has 0 saturated carbocycles. The van der Waals surface area contributed by atoms with E-state index in [0.717, 1.165) is 38.4 Å². The molecule has 2 amide bonds. The van der Waals surface area contributed by atoms with E-state index in [0.29, 0.717) is 0 Å². The van der Waals surface area contributed by atoms with E-state index >= 15 is 0 Å². The van der Waals surface area contributed by atoms with Crippen LogP contribution in [0.1, 0.15) is 46.0 Å². The Labute approximate surface area is 93.2 Å². The number of unbranched alkanes of at least 4 members (excludes halogenated alkanes) is 1. The molecule has 1 rings (SSSR count). The summed E-state index contributed by atoms with van der Waals surface area (Å²) in [5, 5.41) is 2.97. The third-order valence-electron chi connectivity index (χ3n) is 3.29. The second kappa shape index (κ2) is 6.70. The van der Waals surface area contributed by atoms with Gasteiger partial charge in [0.2, 0.25) is 0 Å². The summed E-state index contributed by atoms with van der Waals surface area (Å²) < 4.78 is 0. The van der Waals surface area contributed by atoms with E-state index in [1.807, 2.05) is 4.90 Å². The summed E-state index contributed by atoms with van der Waals surface area (Å²) in [7, 11) is 0. The molecular formula is C12H24N2O. The molecule has 1 saturated heterocycles. The summed E-state index contributed by atoms with van der Waals surface area (Å²) in [6.45, 7) is 7.08. The van der Waals surface area contributed by atoms with Crippen molar-refractivity contribution < 1.29 is 4.79 Å². The average Bonchev–Trinajstić information content (AvgIpc) is 2.29. The van der Waals surface area contributed by atoms with Crippen LogP contribution in [0.2, 0.25) is 0 Å². The van der Waals surface area contributed by atoms with Gasteiger partial charge in [0.15, 0.2) is 0 Å². The number of hydrogen-bond acceptors (Lipinski definition) is 1. The molecule has 0 atom stereocenters. The highest BCUT2D eigenvalue weighted by molar-refractivity contribution is 5.74. The first-order valence-electron chi connectivity index (χ1n) is 6.30. The molecule has 15 heavy (non-hydrogen) atoms. The summed E-state index contributed by atoms with van der Waals surface area (Å²) in [6, 6.07) is 0.137. The Bertz CT molecular complexity index is 186. The fraction of sp³-hybridized carbons (Fsp3) is 0.917. The first kappa shape index (κ1) is 12.3. The SMILES string of the molecule is CCCCNC(=O)N1CCC(CC)CC1. The van der Waals surface area contributed by atoms with Crippen molar-refractivity contribution in [2.24, 2.45) is 5.92 Å². The lowest BCUT2D eigenvalue weighted by atomic mass is 9.95. The molecule has 1 fully saturated rings. The normalized spacial score (nSPS) is 17.9. The molecular weight excluding hydrogens is 188 g/mol. The van der Waals surface area contributed by atoms with Crippen molar-refractivity contribution in [3.8, 4) is 0 Å². The van der Waals surface area contributed by atoms with Gasteiger partial charge in [0.1, 0.15) is 0 Å². The predicted octanol–water partition coefficient (Wildman–Crippen LogP) is 2.62.